The predicted octanol–water partition coefficient (Wildman–Crippen LogP) is 0.926. The van der Waals surface area contributed by atoms with Crippen molar-refractivity contribution in [3.63, 3.8) is 0 Å². The van der Waals surface area contributed by atoms with Gasteiger partial charge in [-0.1, -0.05) is 6.08 Å². The highest BCUT2D eigenvalue weighted by Gasteiger charge is 1.87. The minimum absolute atomic E-state index is 0.664. The zero-order chi connectivity index (χ0) is 7.82. The SMILES string of the molecule is COCCCC=CC([O])=O. The molecule has 0 aromatic rings. The lowest BCUT2D eigenvalue weighted by atomic mass is 10.3. The number of ether oxygens (including phenoxy) is 1. The summed E-state index contributed by atoms with van der Waals surface area (Å²) in [6.45, 7) is 0.664. The lowest BCUT2D eigenvalue weighted by molar-refractivity contribution is -0.137. The van der Waals surface area contributed by atoms with Crippen molar-refractivity contribution in [1.29, 1.82) is 0 Å². The van der Waals surface area contributed by atoms with Gasteiger partial charge in [0, 0.05) is 19.8 Å². The van der Waals surface area contributed by atoms with E-state index in [0.29, 0.717) is 6.61 Å². The molecule has 0 amide bonds. The number of hydrogen-bond acceptors (Lipinski definition) is 2. The van der Waals surface area contributed by atoms with Gasteiger partial charge in [0.2, 0.25) is 0 Å². The van der Waals surface area contributed by atoms with E-state index in [2.05, 4.69) is 0 Å². The summed E-state index contributed by atoms with van der Waals surface area (Å²) in [6.07, 6.45) is 4.17. The molecule has 0 saturated carbocycles. The standard InChI is InChI=1S/C7H11O3/c1-10-6-4-2-3-5-7(8)9/h3,5H,2,4,6H2,1H3. The smallest absolute Gasteiger partial charge is 0.378 e. The Morgan fingerprint density at radius 1 is 1.60 bits per heavy atom. The molecule has 0 fully saturated rings. The molecule has 0 saturated heterocycles. The van der Waals surface area contributed by atoms with Crippen LogP contribution >= 0.6 is 0 Å². The van der Waals surface area contributed by atoms with Gasteiger partial charge in [-0.15, -0.1) is 0 Å². The van der Waals surface area contributed by atoms with Crippen LogP contribution in [0, 0.1) is 0 Å². The molecule has 10 heavy (non-hydrogen) atoms. The maximum absolute atomic E-state index is 9.80. The van der Waals surface area contributed by atoms with Crippen molar-refractivity contribution in [2.75, 3.05) is 13.7 Å². The molecule has 0 spiro atoms. The Hall–Kier alpha value is -0.830. The van der Waals surface area contributed by atoms with Crippen molar-refractivity contribution in [3.8, 4) is 0 Å². The first-order valence-electron chi connectivity index (χ1n) is 3.14. The van der Waals surface area contributed by atoms with Crippen molar-refractivity contribution >= 4 is 5.97 Å². The lowest BCUT2D eigenvalue weighted by Crippen LogP contribution is -1.87. The van der Waals surface area contributed by atoms with E-state index in [4.69, 9.17) is 4.74 Å². The van der Waals surface area contributed by atoms with Gasteiger partial charge in [-0.3, -0.25) is 0 Å². The van der Waals surface area contributed by atoms with Crippen LogP contribution < -0.4 is 0 Å². The average molecular weight is 143 g/mol. The van der Waals surface area contributed by atoms with Crippen molar-refractivity contribution in [1.82, 2.24) is 0 Å². The molecule has 3 nitrogen and oxygen atoms in total. The summed E-state index contributed by atoms with van der Waals surface area (Å²) < 4.78 is 4.75. The molecule has 0 unspecified atom stereocenters. The number of rotatable bonds is 5. The minimum Gasteiger partial charge on any atom is -0.385 e. The van der Waals surface area contributed by atoms with Crippen molar-refractivity contribution < 1.29 is 14.6 Å². The van der Waals surface area contributed by atoms with Crippen LogP contribution in [0.25, 0.3) is 0 Å². The molecule has 0 aromatic heterocycles. The van der Waals surface area contributed by atoms with E-state index in [1.54, 1.807) is 13.2 Å². The van der Waals surface area contributed by atoms with E-state index in [1.807, 2.05) is 0 Å². The van der Waals surface area contributed by atoms with Gasteiger partial charge in [-0.25, -0.2) is 9.90 Å². The lowest BCUT2D eigenvalue weighted by Gasteiger charge is -1.91. The van der Waals surface area contributed by atoms with Gasteiger partial charge in [0.25, 0.3) is 0 Å². The third-order valence-electron chi connectivity index (χ3n) is 0.973. The number of carbonyl (C=O) groups excluding carboxylic acids is 1. The number of methoxy groups -OCH3 is 1. The Morgan fingerprint density at radius 3 is 2.80 bits per heavy atom. The van der Waals surface area contributed by atoms with Crippen molar-refractivity contribution in [3.05, 3.63) is 12.2 Å². The normalized spacial score (nSPS) is 10.5. The van der Waals surface area contributed by atoms with Gasteiger partial charge >= 0.3 is 5.97 Å². The fourth-order valence-electron chi connectivity index (χ4n) is 0.525. The second kappa shape index (κ2) is 6.29. The van der Waals surface area contributed by atoms with Crippen LogP contribution in [0.5, 0.6) is 0 Å². The molecule has 0 aliphatic carbocycles. The van der Waals surface area contributed by atoms with Gasteiger partial charge < -0.3 is 4.74 Å². The molecular formula is C7H11O3. The Balaban J connectivity index is 3.10. The summed E-state index contributed by atoms with van der Waals surface area (Å²) in [6, 6.07) is 0. The fourth-order valence-corrected chi connectivity index (χ4v) is 0.525. The van der Waals surface area contributed by atoms with E-state index in [0.717, 1.165) is 18.9 Å². The second-order valence-electron chi connectivity index (χ2n) is 1.86. The Labute approximate surface area is 60.3 Å². The number of allylic oxidation sites excluding steroid dienone is 1. The van der Waals surface area contributed by atoms with Crippen LogP contribution in [0.4, 0.5) is 0 Å². The van der Waals surface area contributed by atoms with E-state index in [1.165, 1.54) is 0 Å². The topological polar surface area (TPSA) is 46.2 Å². The first kappa shape index (κ1) is 9.17. The van der Waals surface area contributed by atoms with Crippen molar-refractivity contribution in [2.24, 2.45) is 0 Å². The zero-order valence-electron chi connectivity index (χ0n) is 6.00. The third kappa shape index (κ3) is 7.17. The maximum atomic E-state index is 9.80. The predicted molar refractivity (Wildman–Crippen MR) is 35.9 cm³/mol. The second-order valence-corrected chi connectivity index (χ2v) is 1.86. The Kier molecular flexibility index (Phi) is 5.77. The zero-order valence-corrected chi connectivity index (χ0v) is 6.00. The van der Waals surface area contributed by atoms with E-state index in [9.17, 15) is 9.90 Å². The van der Waals surface area contributed by atoms with Crippen LogP contribution in [-0.4, -0.2) is 19.7 Å². The molecule has 0 rings (SSSR count). The van der Waals surface area contributed by atoms with Crippen molar-refractivity contribution in [2.45, 2.75) is 12.8 Å². The van der Waals surface area contributed by atoms with Crippen LogP contribution in [0.15, 0.2) is 12.2 Å². The van der Waals surface area contributed by atoms with Gasteiger partial charge in [0.15, 0.2) is 0 Å². The first-order chi connectivity index (χ1) is 4.77. The van der Waals surface area contributed by atoms with Crippen LogP contribution in [0.2, 0.25) is 0 Å². The number of hydrogen-bond donors (Lipinski definition) is 0. The molecule has 0 atom stereocenters. The van der Waals surface area contributed by atoms with Gasteiger partial charge in [0.05, 0.1) is 0 Å². The van der Waals surface area contributed by atoms with E-state index < -0.39 is 5.97 Å². The Bertz CT molecular complexity index is 118. The summed E-state index contributed by atoms with van der Waals surface area (Å²) in [5.74, 6) is -1.14. The molecular weight excluding hydrogens is 132 g/mol. The Morgan fingerprint density at radius 2 is 2.30 bits per heavy atom. The summed E-state index contributed by atoms with van der Waals surface area (Å²) in [4.78, 5) is 9.80. The molecule has 0 aliphatic heterocycles. The summed E-state index contributed by atoms with van der Waals surface area (Å²) in [5, 5.41) is 9.80. The largest absolute Gasteiger partial charge is 0.385 e. The van der Waals surface area contributed by atoms with Crippen LogP contribution in [0.3, 0.4) is 0 Å². The molecule has 0 aromatic carbocycles. The van der Waals surface area contributed by atoms with E-state index in [-0.39, 0.29) is 0 Å². The highest BCUT2D eigenvalue weighted by molar-refractivity contribution is 5.79. The summed E-state index contributed by atoms with van der Waals surface area (Å²) in [7, 11) is 1.61. The molecule has 0 aliphatic rings. The maximum Gasteiger partial charge on any atom is 0.378 e. The highest BCUT2D eigenvalue weighted by atomic mass is 16.5. The molecule has 0 bridgehead atoms. The number of unbranched alkanes of at least 4 members (excludes halogenated alkanes) is 1. The summed E-state index contributed by atoms with van der Waals surface area (Å²) >= 11 is 0. The van der Waals surface area contributed by atoms with Gasteiger partial charge in [-0.2, -0.15) is 0 Å². The molecule has 1 radical (unpaired) electrons. The average Bonchev–Trinajstić information content (AvgIpc) is 1.87. The minimum atomic E-state index is -1.14. The third-order valence-corrected chi connectivity index (χ3v) is 0.973. The molecule has 3 heteroatoms. The summed E-state index contributed by atoms with van der Waals surface area (Å²) in [5.41, 5.74) is 0. The molecule has 0 heterocycles. The van der Waals surface area contributed by atoms with Crippen LogP contribution in [-0.2, 0) is 14.6 Å². The van der Waals surface area contributed by atoms with Crippen LogP contribution in [0.1, 0.15) is 12.8 Å². The van der Waals surface area contributed by atoms with Gasteiger partial charge in [0.1, 0.15) is 0 Å². The number of carbonyl (C=O) groups is 1. The first-order valence-corrected chi connectivity index (χ1v) is 3.14. The quantitative estimate of drug-likeness (QED) is 0.424. The molecule has 57 valence electrons. The van der Waals surface area contributed by atoms with E-state index >= 15 is 0 Å². The molecule has 0 N–H and O–H groups in total. The fraction of sp³-hybridized carbons (Fsp3) is 0.571. The van der Waals surface area contributed by atoms with Gasteiger partial charge in [-0.05, 0) is 12.8 Å². The highest BCUT2D eigenvalue weighted by Crippen LogP contribution is 1.90. The monoisotopic (exact) mass is 143 g/mol.